The maximum atomic E-state index is 5.89. The van der Waals surface area contributed by atoms with E-state index in [2.05, 4.69) is 10.3 Å². The lowest BCUT2D eigenvalue weighted by molar-refractivity contribution is 0.0768. The zero-order valence-corrected chi connectivity index (χ0v) is 8.84. The second-order valence-electron chi connectivity index (χ2n) is 3.45. The Morgan fingerprint density at radius 2 is 2.43 bits per heavy atom. The van der Waals surface area contributed by atoms with E-state index in [1.807, 2.05) is 19.1 Å². The van der Waals surface area contributed by atoms with E-state index in [4.69, 9.17) is 16.3 Å². The van der Waals surface area contributed by atoms with E-state index in [1.165, 1.54) is 0 Å². The average Bonchev–Trinajstić information content (AvgIpc) is 2.18. The van der Waals surface area contributed by atoms with Crippen LogP contribution in [0.2, 0.25) is 5.15 Å². The molecule has 1 aromatic heterocycles. The first-order valence-corrected chi connectivity index (χ1v) is 5.09. The molecule has 0 aromatic carbocycles. The molecule has 2 heterocycles. The maximum absolute atomic E-state index is 5.89. The third-order valence-corrected chi connectivity index (χ3v) is 2.46. The zero-order valence-electron chi connectivity index (χ0n) is 8.09. The highest BCUT2D eigenvalue weighted by molar-refractivity contribution is 6.29. The van der Waals surface area contributed by atoms with E-state index >= 15 is 0 Å². The topological polar surface area (TPSA) is 34.1 Å². The molecule has 0 spiro atoms. The molecule has 1 saturated heterocycles. The minimum absolute atomic E-state index is 0.253. The van der Waals surface area contributed by atoms with Crippen LogP contribution in [0.4, 0.5) is 0 Å². The second kappa shape index (κ2) is 4.26. The number of hydrogen-bond donors (Lipinski definition) is 1. The van der Waals surface area contributed by atoms with Crippen LogP contribution in [0.1, 0.15) is 17.3 Å². The van der Waals surface area contributed by atoms with E-state index in [-0.39, 0.29) is 6.04 Å². The van der Waals surface area contributed by atoms with Gasteiger partial charge >= 0.3 is 0 Å². The summed E-state index contributed by atoms with van der Waals surface area (Å²) in [6.07, 6.45) is 0. The summed E-state index contributed by atoms with van der Waals surface area (Å²) in [5.74, 6) is 0. The van der Waals surface area contributed by atoms with Gasteiger partial charge in [0.05, 0.1) is 19.3 Å². The van der Waals surface area contributed by atoms with Crippen molar-refractivity contribution in [1.29, 1.82) is 0 Å². The Morgan fingerprint density at radius 1 is 1.57 bits per heavy atom. The standard InChI is InChI=1S/C10H13ClN2O/c1-7-4-8(5-10(11)13-7)9-6-14-3-2-12-9/h4-5,9,12H,2-3,6H2,1H3. The van der Waals surface area contributed by atoms with Crippen LogP contribution in [0.5, 0.6) is 0 Å². The average molecular weight is 213 g/mol. The summed E-state index contributed by atoms with van der Waals surface area (Å²) in [5.41, 5.74) is 2.10. The zero-order chi connectivity index (χ0) is 9.97. The van der Waals surface area contributed by atoms with Crippen molar-refractivity contribution in [3.63, 3.8) is 0 Å². The summed E-state index contributed by atoms with van der Waals surface area (Å²) < 4.78 is 5.39. The Balaban J connectivity index is 2.21. The third kappa shape index (κ3) is 2.23. The predicted octanol–water partition coefficient (Wildman–Crippen LogP) is 1.70. The molecule has 1 N–H and O–H groups in total. The summed E-state index contributed by atoms with van der Waals surface area (Å²) in [5, 5.41) is 3.93. The van der Waals surface area contributed by atoms with Gasteiger partial charge in [-0.15, -0.1) is 0 Å². The Morgan fingerprint density at radius 3 is 3.07 bits per heavy atom. The summed E-state index contributed by atoms with van der Waals surface area (Å²) >= 11 is 5.89. The first-order chi connectivity index (χ1) is 6.75. The lowest BCUT2D eigenvalue weighted by Crippen LogP contribution is -2.34. The van der Waals surface area contributed by atoms with Gasteiger partial charge in [-0.1, -0.05) is 11.6 Å². The molecule has 1 aliphatic rings. The van der Waals surface area contributed by atoms with Crippen molar-refractivity contribution in [2.75, 3.05) is 19.8 Å². The Bertz CT molecular complexity index is 304. The minimum atomic E-state index is 0.253. The van der Waals surface area contributed by atoms with E-state index in [9.17, 15) is 0 Å². The molecule has 76 valence electrons. The normalized spacial score (nSPS) is 22.3. The molecule has 0 radical (unpaired) electrons. The number of morpholine rings is 1. The van der Waals surface area contributed by atoms with Gasteiger partial charge in [0.25, 0.3) is 0 Å². The highest BCUT2D eigenvalue weighted by atomic mass is 35.5. The van der Waals surface area contributed by atoms with Crippen molar-refractivity contribution in [2.24, 2.45) is 0 Å². The fourth-order valence-corrected chi connectivity index (χ4v) is 1.89. The Hall–Kier alpha value is -0.640. The molecule has 3 nitrogen and oxygen atoms in total. The number of aryl methyl sites for hydroxylation is 1. The fraction of sp³-hybridized carbons (Fsp3) is 0.500. The van der Waals surface area contributed by atoms with Gasteiger partial charge in [0.1, 0.15) is 5.15 Å². The van der Waals surface area contributed by atoms with Crippen LogP contribution in [-0.2, 0) is 4.74 Å². The second-order valence-corrected chi connectivity index (χ2v) is 3.83. The number of pyridine rings is 1. The van der Waals surface area contributed by atoms with Crippen LogP contribution in [0, 0.1) is 6.92 Å². The summed E-state index contributed by atoms with van der Waals surface area (Å²) in [6, 6.07) is 4.18. The van der Waals surface area contributed by atoms with Crippen LogP contribution in [0.3, 0.4) is 0 Å². The molecule has 1 aliphatic heterocycles. The fourth-order valence-electron chi connectivity index (χ4n) is 1.63. The van der Waals surface area contributed by atoms with Crippen molar-refractivity contribution in [3.05, 3.63) is 28.5 Å². The van der Waals surface area contributed by atoms with Crippen molar-refractivity contribution >= 4 is 11.6 Å². The third-order valence-electron chi connectivity index (χ3n) is 2.27. The van der Waals surface area contributed by atoms with Gasteiger partial charge < -0.3 is 10.1 Å². The van der Waals surface area contributed by atoms with E-state index < -0.39 is 0 Å². The van der Waals surface area contributed by atoms with Crippen LogP contribution in [0.15, 0.2) is 12.1 Å². The van der Waals surface area contributed by atoms with Gasteiger partial charge in [-0.25, -0.2) is 4.98 Å². The summed E-state index contributed by atoms with van der Waals surface area (Å²) in [6.45, 7) is 4.33. The van der Waals surface area contributed by atoms with Crippen LogP contribution >= 0.6 is 11.6 Å². The van der Waals surface area contributed by atoms with Crippen molar-refractivity contribution in [2.45, 2.75) is 13.0 Å². The lowest BCUT2D eigenvalue weighted by atomic mass is 10.1. The molecule has 0 aliphatic carbocycles. The smallest absolute Gasteiger partial charge is 0.129 e. The van der Waals surface area contributed by atoms with Gasteiger partial charge in [0.15, 0.2) is 0 Å². The molecule has 14 heavy (non-hydrogen) atoms. The van der Waals surface area contributed by atoms with E-state index in [0.29, 0.717) is 11.8 Å². The molecular weight excluding hydrogens is 200 g/mol. The monoisotopic (exact) mass is 212 g/mol. The Kier molecular flexibility index (Phi) is 3.01. The summed E-state index contributed by atoms with van der Waals surface area (Å²) in [7, 11) is 0. The van der Waals surface area contributed by atoms with Crippen LogP contribution in [-0.4, -0.2) is 24.7 Å². The molecule has 1 atom stereocenters. The molecule has 1 aromatic rings. The quantitative estimate of drug-likeness (QED) is 0.720. The first kappa shape index (κ1) is 9.90. The van der Waals surface area contributed by atoms with Gasteiger partial charge in [-0.05, 0) is 24.6 Å². The molecule has 0 saturated carbocycles. The largest absolute Gasteiger partial charge is 0.378 e. The minimum Gasteiger partial charge on any atom is -0.378 e. The number of nitrogens with one attached hydrogen (secondary N) is 1. The van der Waals surface area contributed by atoms with Gasteiger partial charge in [-0.3, -0.25) is 0 Å². The molecule has 0 amide bonds. The summed E-state index contributed by atoms with van der Waals surface area (Å²) in [4.78, 5) is 4.13. The molecule has 4 heteroatoms. The highest BCUT2D eigenvalue weighted by Crippen LogP contribution is 2.19. The number of ether oxygens (including phenoxy) is 1. The van der Waals surface area contributed by atoms with E-state index in [0.717, 1.165) is 24.4 Å². The SMILES string of the molecule is Cc1cc(C2COCCN2)cc(Cl)n1. The van der Waals surface area contributed by atoms with Gasteiger partial charge in [0.2, 0.25) is 0 Å². The molecular formula is C10H13ClN2O. The number of aromatic nitrogens is 1. The van der Waals surface area contributed by atoms with Crippen molar-refractivity contribution in [1.82, 2.24) is 10.3 Å². The number of halogens is 1. The number of hydrogen-bond acceptors (Lipinski definition) is 3. The van der Waals surface area contributed by atoms with E-state index in [1.54, 1.807) is 0 Å². The molecule has 1 fully saturated rings. The van der Waals surface area contributed by atoms with Gasteiger partial charge in [-0.2, -0.15) is 0 Å². The molecule has 2 rings (SSSR count). The molecule has 1 unspecified atom stereocenters. The predicted molar refractivity (Wildman–Crippen MR) is 55.5 cm³/mol. The lowest BCUT2D eigenvalue weighted by Gasteiger charge is -2.24. The first-order valence-electron chi connectivity index (χ1n) is 4.71. The van der Waals surface area contributed by atoms with Gasteiger partial charge in [0, 0.05) is 12.2 Å². The van der Waals surface area contributed by atoms with Crippen LogP contribution in [0.25, 0.3) is 0 Å². The Labute approximate surface area is 88.4 Å². The van der Waals surface area contributed by atoms with Crippen LogP contribution < -0.4 is 5.32 Å². The highest BCUT2D eigenvalue weighted by Gasteiger charge is 2.15. The van der Waals surface area contributed by atoms with Crippen molar-refractivity contribution < 1.29 is 4.74 Å². The number of nitrogens with zero attached hydrogens (tertiary/aromatic N) is 1. The number of rotatable bonds is 1. The van der Waals surface area contributed by atoms with Crippen molar-refractivity contribution in [3.8, 4) is 0 Å². The molecule has 0 bridgehead atoms. The maximum Gasteiger partial charge on any atom is 0.129 e.